The predicted molar refractivity (Wildman–Crippen MR) is 414 cm³/mol. The van der Waals surface area contributed by atoms with E-state index in [1.54, 1.807) is 0 Å². The van der Waals surface area contributed by atoms with Crippen molar-refractivity contribution in [2.45, 2.75) is 457 Å². The van der Waals surface area contributed by atoms with E-state index in [0.29, 0.717) is 25.7 Å². The molecule has 0 aromatic carbocycles. The Hall–Kier alpha value is -1.94. The van der Waals surface area contributed by atoms with Crippen molar-refractivity contribution in [3.63, 3.8) is 0 Å². The quantitative estimate of drug-likeness (QED) is 0.0222. The number of ether oxygens (including phenoxy) is 4. The van der Waals surface area contributed by atoms with E-state index in [-0.39, 0.29) is 25.7 Å². The molecule has 0 fully saturated rings. The first kappa shape index (κ1) is 99.1. The van der Waals surface area contributed by atoms with Gasteiger partial charge in [-0.25, -0.2) is 9.13 Å². The van der Waals surface area contributed by atoms with Crippen molar-refractivity contribution in [2.75, 3.05) is 39.6 Å². The Morgan fingerprint density at radius 1 is 0.267 bits per heavy atom. The van der Waals surface area contributed by atoms with Crippen LogP contribution in [0.3, 0.4) is 0 Å². The Balaban J connectivity index is 5.22. The summed E-state index contributed by atoms with van der Waals surface area (Å²) < 4.78 is 68.7. The first-order valence-electron chi connectivity index (χ1n) is 42.6. The van der Waals surface area contributed by atoms with Gasteiger partial charge in [0.25, 0.3) is 0 Å². The lowest BCUT2D eigenvalue weighted by Crippen LogP contribution is -2.30. The van der Waals surface area contributed by atoms with Crippen LogP contribution in [0.5, 0.6) is 0 Å². The maximum atomic E-state index is 13.1. The van der Waals surface area contributed by atoms with E-state index < -0.39 is 97.5 Å². The lowest BCUT2D eigenvalue weighted by molar-refractivity contribution is -0.161. The highest BCUT2D eigenvalue weighted by Crippen LogP contribution is 2.45. The SMILES string of the molecule is CCCCCCCCCCCCCCCCCCCCCC(=O)OC[C@H](COP(=O)(O)OC[C@@H](O)COP(=O)(O)OC[C@@H](COC(=O)CCCCCCCCCCCC)OC(=O)CCCCCCCCCCCCC(C)C)OC(=O)CCCCCCCCCCCCCCCCCCCCC. The summed E-state index contributed by atoms with van der Waals surface area (Å²) >= 11 is 0. The molecule has 0 aliphatic carbocycles. The van der Waals surface area contributed by atoms with E-state index in [0.717, 1.165) is 95.8 Å². The highest BCUT2D eigenvalue weighted by Gasteiger charge is 2.30. The largest absolute Gasteiger partial charge is 0.472 e. The molecule has 600 valence electrons. The van der Waals surface area contributed by atoms with Gasteiger partial charge < -0.3 is 33.8 Å². The molecule has 5 atom stereocenters. The lowest BCUT2D eigenvalue weighted by atomic mass is 10.0. The minimum atomic E-state index is -4.96. The van der Waals surface area contributed by atoms with Gasteiger partial charge in [-0.05, 0) is 31.6 Å². The molecular weight excluding hydrogens is 1320 g/mol. The molecule has 0 aliphatic rings. The molecule has 0 aromatic rings. The number of esters is 4. The van der Waals surface area contributed by atoms with Gasteiger partial charge in [0.05, 0.1) is 26.4 Å². The number of phosphoric ester groups is 2. The first-order valence-corrected chi connectivity index (χ1v) is 45.6. The van der Waals surface area contributed by atoms with Crippen LogP contribution in [-0.2, 0) is 65.4 Å². The highest BCUT2D eigenvalue weighted by atomic mass is 31.2. The van der Waals surface area contributed by atoms with Crippen LogP contribution in [0.15, 0.2) is 0 Å². The standard InChI is InChI=1S/C82H160O17P2/c1-6-9-12-15-18-21-24-26-28-30-32-34-36-38-40-46-51-56-61-66-80(85)93-72-78(98-81(86)67-62-57-52-47-41-39-37-35-33-31-29-27-25-22-19-16-13-10-7-2)74-97-101(90,91)95-70-76(83)69-94-100(88,89)96-73-77(71-92-79(84)65-60-55-50-45-23-20-17-14-11-8-3)99-82(87)68-63-58-53-48-43-42-44-49-54-59-64-75(4)5/h75-78,83H,6-74H2,1-5H3,(H,88,89)(H,90,91)/t76-,77+,78+/m0/s1. The van der Waals surface area contributed by atoms with E-state index in [4.69, 9.17) is 37.0 Å². The van der Waals surface area contributed by atoms with Crippen molar-refractivity contribution in [1.82, 2.24) is 0 Å². The Bertz CT molecular complexity index is 1930. The maximum Gasteiger partial charge on any atom is 0.472 e. The van der Waals surface area contributed by atoms with Crippen LogP contribution in [-0.4, -0.2) is 96.7 Å². The van der Waals surface area contributed by atoms with Gasteiger partial charge in [0, 0.05) is 25.7 Å². The highest BCUT2D eigenvalue weighted by molar-refractivity contribution is 7.47. The van der Waals surface area contributed by atoms with Crippen molar-refractivity contribution in [1.29, 1.82) is 0 Å². The van der Waals surface area contributed by atoms with Crippen LogP contribution in [0.2, 0.25) is 0 Å². The summed E-state index contributed by atoms with van der Waals surface area (Å²) in [7, 11) is -9.92. The fourth-order valence-corrected chi connectivity index (χ4v) is 14.3. The molecule has 0 saturated heterocycles. The summed E-state index contributed by atoms with van der Waals surface area (Å²) in [6.45, 7) is 7.32. The normalized spacial score (nSPS) is 13.8. The number of rotatable bonds is 82. The van der Waals surface area contributed by atoms with Gasteiger partial charge in [0.1, 0.15) is 19.3 Å². The average Bonchev–Trinajstić information content (AvgIpc) is 0.928. The third-order valence-corrected chi connectivity index (χ3v) is 21.2. The molecule has 101 heavy (non-hydrogen) atoms. The number of hydrogen-bond donors (Lipinski definition) is 3. The summed E-state index contributed by atoms with van der Waals surface area (Å²) in [5.41, 5.74) is 0. The Morgan fingerprint density at radius 2 is 0.455 bits per heavy atom. The van der Waals surface area contributed by atoms with Crippen LogP contribution < -0.4 is 0 Å². The second-order valence-electron chi connectivity index (χ2n) is 30.0. The van der Waals surface area contributed by atoms with Crippen LogP contribution in [0.1, 0.15) is 439 Å². The van der Waals surface area contributed by atoms with Gasteiger partial charge in [-0.15, -0.1) is 0 Å². The third-order valence-electron chi connectivity index (χ3n) is 19.3. The Morgan fingerprint density at radius 3 is 0.673 bits per heavy atom. The van der Waals surface area contributed by atoms with Gasteiger partial charge in [-0.3, -0.25) is 37.3 Å². The molecule has 0 saturated carbocycles. The fraction of sp³-hybridized carbons (Fsp3) is 0.951. The zero-order chi connectivity index (χ0) is 74.1. The summed E-state index contributed by atoms with van der Waals surface area (Å²) in [6.07, 6.45) is 66.7. The van der Waals surface area contributed by atoms with Crippen molar-refractivity contribution in [3.05, 3.63) is 0 Å². The number of carbonyl (C=O) groups excluding carboxylic acids is 4. The second kappa shape index (κ2) is 74.9. The molecule has 0 rings (SSSR count). The molecule has 0 aliphatic heterocycles. The molecule has 19 heteroatoms. The van der Waals surface area contributed by atoms with Gasteiger partial charge in [-0.2, -0.15) is 0 Å². The smallest absolute Gasteiger partial charge is 0.462 e. The Labute approximate surface area is 619 Å². The fourth-order valence-electron chi connectivity index (χ4n) is 12.8. The molecule has 0 aromatic heterocycles. The number of phosphoric acid groups is 2. The molecule has 0 amide bonds. The lowest BCUT2D eigenvalue weighted by Gasteiger charge is -2.21. The number of aliphatic hydroxyl groups is 1. The average molecular weight is 1480 g/mol. The molecule has 0 heterocycles. The minimum Gasteiger partial charge on any atom is -0.462 e. The first-order chi connectivity index (χ1) is 49.0. The third kappa shape index (κ3) is 76.1. The van der Waals surface area contributed by atoms with E-state index in [2.05, 4.69) is 34.6 Å². The van der Waals surface area contributed by atoms with Gasteiger partial charge in [-0.1, -0.05) is 388 Å². The van der Waals surface area contributed by atoms with Crippen molar-refractivity contribution < 1.29 is 80.2 Å². The van der Waals surface area contributed by atoms with Crippen LogP contribution in [0, 0.1) is 5.92 Å². The zero-order valence-electron chi connectivity index (χ0n) is 66.1. The monoisotopic (exact) mass is 1480 g/mol. The number of hydrogen-bond acceptors (Lipinski definition) is 15. The Kier molecular flexibility index (Phi) is 73.5. The number of unbranched alkanes of at least 4 members (excludes halogenated alkanes) is 54. The molecular formula is C82H160O17P2. The van der Waals surface area contributed by atoms with Crippen LogP contribution >= 0.6 is 15.6 Å². The minimum absolute atomic E-state index is 0.107. The van der Waals surface area contributed by atoms with Crippen molar-refractivity contribution in [3.8, 4) is 0 Å². The van der Waals surface area contributed by atoms with E-state index in [1.807, 2.05) is 0 Å². The second-order valence-corrected chi connectivity index (χ2v) is 32.9. The summed E-state index contributed by atoms with van der Waals surface area (Å²) in [6, 6.07) is 0. The molecule has 3 N–H and O–H groups in total. The van der Waals surface area contributed by atoms with E-state index in [1.165, 1.54) is 263 Å². The number of carbonyl (C=O) groups is 4. The molecule has 0 radical (unpaired) electrons. The number of aliphatic hydroxyl groups excluding tert-OH is 1. The van der Waals surface area contributed by atoms with Gasteiger partial charge >= 0.3 is 39.5 Å². The zero-order valence-corrected chi connectivity index (χ0v) is 67.8. The molecule has 17 nitrogen and oxygen atoms in total. The molecule has 0 bridgehead atoms. The van der Waals surface area contributed by atoms with Crippen molar-refractivity contribution >= 4 is 39.5 Å². The van der Waals surface area contributed by atoms with Crippen LogP contribution in [0.25, 0.3) is 0 Å². The van der Waals surface area contributed by atoms with E-state index >= 15 is 0 Å². The van der Waals surface area contributed by atoms with Gasteiger partial charge in [0.15, 0.2) is 12.2 Å². The topological polar surface area (TPSA) is 237 Å². The molecule has 0 spiro atoms. The summed E-state index contributed by atoms with van der Waals surface area (Å²) in [4.78, 5) is 73.0. The summed E-state index contributed by atoms with van der Waals surface area (Å²) in [5.74, 6) is -1.35. The maximum absolute atomic E-state index is 13.1. The van der Waals surface area contributed by atoms with Crippen LogP contribution in [0.4, 0.5) is 0 Å². The van der Waals surface area contributed by atoms with Crippen molar-refractivity contribution in [2.24, 2.45) is 5.92 Å². The van der Waals surface area contributed by atoms with E-state index in [9.17, 15) is 43.2 Å². The summed E-state index contributed by atoms with van der Waals surface area (Å²) in [5, 5.41) is 10.6. The predicted octanol–water partition coefficient (Wildman–Crippen LogP) is 24.8. The molecule has 2 unspecified atom stereocenters. The van der Waals surface area contributed by atoms with Gasteiger partial charge in [0.2, 0.25) is 0 Å².